The fourth-order valence-electron chi connectivity index (χ4n) is 2.46. The van der Waals surface area contributed by atoms with E-state index in [1.807, 2.05) is 29.1 Å². The molecule has 2 heterocycles. The minimum atomic E-state index is -3.52. The second-order valence-electron chi connectivity index (χ2n) is 4.94. The van der Waals surface area contributed by atoms with Crippen LogP contribution in [0.4, 0.5) is 0 Å². The Morgan fingerprint density at radius 1 is 1.14 bits per heavy atom. The smallest absolute Gasteiger partial charge is 0.243 e. The zero-order valence-corrected chi connectivity index (χ0v) is 13.1. The Hall–Kier alpha value is -1.83. The number of nitrogens with zero attached hydrogens (tertiary/aromatic N) is 2. The lowest BCUT2D eigenvalue weighted by Crippen LogP contribution is -2.40. The number of benzene rings is 1. The molecule has 1 fully saturated rings. The van der Waals surface area contributed by atoms with Crippen molar-refractivity contribution in [1.29, 1.82) is 0 Å². The highest BCUT2D eigenvalue weighted by Crippen LogP contribution is 2.28. The number of hydrogen-bond donors (Lipinski definition) is 0. The maximum Gasteiger partial charge on any atom is 0.243 e. The summed E-state index contributed by atoms with van der Waals surface area (Å²) < 4.78 is 39.3. The van der Waals surface area contributed by atoms with Crippen LogP contribution in [0.3, 0.4) is 0 Å². The summed E-state index contributed by atoms with van der Waals surface area (Å²) in [5, 5.41) is 0. The van der Waals surface area contributed by atoms with E-state index in [0.29, 0.717) is 37.7 Å². The van der Waals surface area contributed by atoms with Crippen LogP contribution < -0.4 is 4.74 Å². The molecular formula is C15H18N2O4S. The molecule has 0 bridgehead atoms. The first-order chi connectivity index (χ1) is 10.6. The van der Waals surface area contributed by atoms with E-state index in [9.17, 15) is 8.42 Å². The summed E-state index contributed by atoms with van der Waals surface area (Å²) in [5.74, 6) is 0.622. The highest BCUT2D eigenvalue weighted by atomic mass is 32.2. The third-order valence-corrected chi connectivity index (χ3v) is 5.54. The van der Waals surface area contributed by atoms with E-state index in [2.05, 4.69) is 0 Å². The van der Waals surface area contributed by atoms with Crippen LogP contribution >= 0.6 is 0 Å². The SMILES string of the molecule is COc1ccc(S(=O)(=O)N2CCOCC2)cc1-n1cccc1. The summed E-state index contributed by atoms with van der Waals surface area (Å²) in [6.07, 6.45) is 3.70. The first kappa shape index (κ1) is 15.1. The topological polar surface area (TPSA) is 60.8 Å². The van der Waals surface area contributed by atoms with Gasteiger partial charge in [0.05, 0.1) is 30.9 Å². The van der Waals surface area contributed by atoms with E-state index in [1.165, 1.54) is 4.31 Å². The summed E-state index contributed by atoms with van der Waals surface area (Å²) >= 11 is 0. The first-order valence-corrected chi connectivity index (χ1v) is 8.46. The number of rotatable bonds is 4. The lowest BCUT2D eigenvalue weighted by Gasteiger charge is -2.26. The van der Waals surface area contributed by atoms with E-state index < -0.39 is 10.0 Å². The van der Waals surface area contributed by atoms with Crippen molar-refractivity contribution in [2.24, 2.45) is 0 Å². The van der Waals surface area contributed by atoms with Gasteiger partial charge in [0.1, 0.15) is 5.75 Å². The average molecular weight is 322 g/mol. The Morgan fingerprint density at radius 2 is 1.82 bits per heavy atom. The van der Waals surface area contributed by atoms with E-state index in [-0.39, 0.29) is 4.90 Å². The van der Waals surface area contributed by atoms with Gasteiger partial charge >= 0.3 is 0 Å². The van der Waals surface area contributed by atoms with Crippen molar-refractivity contribution in [3.05, 3.63) is 42.7 Å². The van der Waals surface area contributed by atoms with Crippen molar-refractivity contribution >= 4 is 10.0 Å². The lowest BCUT2D eigenvalue weighted by atomic mass is 10.3. The van der Waals surface area contributed by atoms with Gasteiger partial charge in [-0.15, -0.1) is 0 Å². The van der Waals surface area contributed by atoms with Crippen LogP contribution in [0.5, 0.6) is 5.75 Å². The maximum absolute atomic E-state index is 12.7. The Bertz CT molecular complexity index is 735. The molecule has 0 atom stereocenters. The van der Waals surface area contributed by atoms with Crippen molar-refractivity contribution in [1.82, 2.24) is 8.87 Å². The molecule has 7 heteroatoms. The van der Waals surface area contributed by atoms with Crippen molar-refractivity contribution < 1.29 is 17.9 Å². The van der Waals surface area contributed by atoms with Crippen LogP contribution in [0.2, 0.25) is 0 Å². The van der Waals surface area contributed by atoms with Gasteiger partial charge in [-0.25, -0.2) is 8.42 Å². The molecule has 1 aliphatic heterocycles. The monoisotopic (exact) mass is 322 g/mol. The summed E-state index contributed by atoms with van der Waals surface area (Å²) in [4.78, 5) is 0.263. The number of morpholine rings is 1. The van der Waals surface area contributed by atoms with Gasteiger partial charge in [-0.2, -0.15) is 4.31 Å². The molecule has 118 valence electrons. The molecule has 0 N–H and O–H groups in total. The molecule has 0 radical (unpaired) electrons. The van der Waals surface area contributed by atoms with Gasteiger partial charge in [0.2, 0.25) is 10.0 Å². The molecule has 1 aromatic heterocycles. The van der Waals surface area contributed by atoms with E-state index in [1.54, 1.807) is 25.3 Å². The molecule has 2 aromatic rings. The van der Waals surface area contributed by atoms with E-state index in [0.717, 1.165) is 0 Å². The van der Waals surface area contributed by atoms with Crippen LogP contribution in [-0.2, 0) is 14.8 Å². The molecule has 6 nitrogen and oxygen atoms in total. The largest absolute Gasteiger partial charge is 0.495 e. The summed E-state index contributed by atoms with van der Waals surface area (Å²) in [7, 11) is -1.95. The van der Waals surface area contributed by atoms with Crippen LogP contribution in [0.25, 0.3) is 5.69 Å². The number of hydrogen-bond acceptors (Lipinski definition) is 4. The standard InChI is InChI=1S/C15H18N2O4S/c1-20-15-5-4-13(12-14(15)16-6-2-3-7-16)22(18,19)17-8-10-21-11-9-17/h2-7,12H,8-11H2,1H3. The van der Waals surface area contributed by atoms with Crippen molar-refractivity contribution in [2.75, 3.05) is 33.4 Å². The van der Waals surface area contributed by atoms with E-state index in [4.69, 9.17) is 9.47 Å². The fourth-order valence-corrected chi connectivity index (χ4v) is 3.89. The zero-order valence-electron chi connectivity index (χ0n) is 12.3. The van der Waals surface area contributed by atoms with Gasteiger partial charge in [0, 0.05) is 25.5 Å². The summed E-state index contributed by atoms with van der Waals surface area (Å²) in [5.41, 5.74) is 0.696. The minimum absolute atomic E-state index is 0.263. The lowest BCUT2D eigenvalue weighted by molar-refractivity contribution is 0.0730. The van der Waals surface area contributed by atoms with Gasteiger partial charge in [0.15, 0.2) is 0 Å². The molecule has 1 saturated heterocycles. The minimum Gasteiger partial charge on any atom is -0.495 e. The van der Waals surface area contributed by atoms with Crippen LogP contribution in [-0.4, -0.2) is 50.7 Å². The third-order valence-electron chi connectivity index (χ3n) is 3.64. The number of methoxy groups -OCH3 is 1. The van der Waals surface area contributed by atoms with Gasteiger partial charge < -0.3 is 14.0 Å². The molecule has 0 saturated carbocycles. The van der Waals surface area contributed by atoms with Crippen LogP contribution in [0.15, 0.2) is 47.6 Å². The number of ether oxygens (including phenoxy) is 2. The summed E-state index contributed by atoms with van der Waals surface area (Å²) in [6, 6.07) is 8.66. The highest BCUT2D eigenvalue weighted by molar-refractivity contribution is 7.89. The Kier molecular flexibility index (Phi) is 4.19. The molecule has 1 aromatic carbocycles. The second kappa shape index (κ2) is 6.12. The molecular weight excluding hydrogens is 304 g/mol. The normalized spacial score (nSPS) is 16.6. The first-order valence-electron chi connectivity index (χ1n) is 7.02. The molecule has 3 rings (SSSR count). The molecule has 22 heavy (non-hydrogen) atoms. The maximum atomic E-state index is 12.7. The third kappa shape index (κ3) is 2.75. The molecule has 0 unspecified atom stereocenters. The molecule has 0 amide bonds. The Balaban J connectivity index is 2.03. The Labute approximate surface area is 129 Å². The quantitative estimate of drug-likeness (QED) is 0.856. The Morgan fingerprint density at radius 3 is 2.45 bits per heavy atom. The van der Waals surface area contributed by atoms with Gasteiger partial charge in [-0.1, -0.05) is 0 Å². The van der Waals surface area contributed by atoms with Crippen molar-refractivity contribution in [2.45, 2.75) is 4.90 Å². The van der Waals surface area contributed by atoms with Crippen LogP contribution in [0, 0.1) is 0 Å². The van der Waals surface area contributed by atoms with Gasteiger partial charge in [-0.05, 0) is 30.3 Å². The molecule has 0 aliphatic carbocycles. The zero-order chi connectivity index (χ0) is 15.6. The summed E-state index contributed by atoms with van der Waals surface area (Å²) in [6.45, 7) is 1.63. The average Bonchev–Trinajstić information content (AvgIpc) is 3.09. The van der Waals surface area contributed by atoms with Crippen molar-refractivity contribution in [3.63, 3.8) is 0 Å². The van der Waals surface area contributed by atoms with Crippen molar-refractivity contribution in [3.8, 4) is 11.4 Å². The predicted molar refractivity (Wildman–Crippen MR) is 81.9 cm³/mol. The second-order valence-corrected chi connectivity index (χ2v) is 6.88. The van der Waals surface area contributed by atoms with Crippen LogP contribution in [0.1, 0.15) is 0 Å². The number of aromatic nitrogens is 1. The molecule has 1 aliphatic rings. The fraction of sp³-hybridized carbons (Fsp3) is 0.333. The van der Waals surface area contributed by atoms with E-state index >= 15 is 0 Å². The highest BCUT2D eigenvalue weighted by Gasteiger charge is 2.27. The predicted octanol–water partition coefficient (Wildman–Crippen LogP) is 1.51. The number of sulfonamides is 1. The molecule has 0 spiro atoms. The van der Waals surface area contributed by atoms with Gasteiger partial charge in [0.25, 0.3) is 0 Å². The van der Waals surface area contributed by atoms with Gasteiger partial charge in [-0.3, -0.25) is 0 Å².